The van der Waals surface area contributed by atoms with E-state index in [9.17, 15) is 22.8 Å². The van der Waals surface area contributed by atoms with Crippen molar-refractivity contribution in [3.63, 3.8) is 0 Å². The van der Waals surface area contributed by atoms with Crippen molar-refractivity contribution in [2.75, 3.05) is 7.11 Å². The largest absolute Gasteiger partial charge is 0.496 e. The Balaban J connectivity index is 1.73. The van der Waals surface area contributed by atoms with Crippen LogP contribution in [0, 0.1) is 13.8 Å². The smallest absolute Gasteiger partial charge is 0.433 e. The van der Waals surface area contributed by atoms with E-state index in [4.69, 9.17) is 4.74 Å². The van der Waals surface area contributed by atoms with E-state index in [-0.39, 0.29) is 24.2 Å². The number of carbonyl (C=O) groups is 1. The van der Waals surface area contributed by atoms with Crippen molar-refractivity contribution in [1.29, 1.82) is 0 Å². The van der Waals surface area contributed by atoms with Crippen LogP contribution in [0.25, 0.3) is 10.9 Å². The topological polar surface area (TPSA) is 77.0 Å². The third-order valence-corrected chi connectivity index (χ3v) is 6.43. The normalized spacial score (nSPS) is 12.6. The predicted octanol–water partition coefficient (Wildman–Crippen LogP) is 5.79. The lowest BCUT2D eigenvalue weighted by atomic mass is 10.0. The minimum Gasteiger partial charge on any atom is -0.496 e. The van der Waals surface area contributed by atoms with Crippen LogP contribution in [-0.2, 0) is 12.6 Å². The van der Waals surface area contributed by atoms with E-state index in [0.717, 1.165) is 17.8 Å². The number of nitrogens with one attached hydrogen (secondary N) is 1. The molecule has 4 rings (SSSR count). The van der Waals surface area contributed by atoms with Gasteiger partial charge in [-0.05, 0) is 57.0 Å². The van der Waals surface area contributed by atoms with Gasteiger partial charge in [0.2, 0.25) is 0 Å². The lowest BCUT2D eigenvalue weighted by molar-refractivity contribution is -0.141. The zero-order valence-electron chi connectivity index (χ0n) is 20.4. The number of aromatic nitrogens is 3. The number of aromatic amines is 1. The van der Waals surface area contributed by atoms with Gasteiger partial charge >= 0.3 is 6.18 Å². The van der Waals surface area contributed by atoms with Crippen molar-refractivity contribution in [2.45, 2.75) is 45.8 Å². The Morgan fingerprint density at radius 3 is 2.58 bits per heavy atom. The summed E-state index contributed by atoms with van der Waals surface area (Å²) in [7, 11) is 1.47. The number of rotatable bonds is 7. The molecule has 0 fully saturated rings. The number of hydrogen-bond donors (Lipinski definition) is 1. The fourth-order valence-electron chi connectivity index (χ4n) is 4.72. The molecule has 0 aliphatic rings. The Bertz CT molecular complexity index is 1500. The Hall–Kier alpha value is -3.88. The molecule has 3 heterocycles. The van der Waals surface area contributed by atoms with Gasteiger partial charge in [0.1, 0.15) is 11.4 Å². The zero-order valence-corrected chi connectivity index (χ0v) is 20.4. The van der Waals surface area contributed by atoms with Gasteiger partial charge in [0.25, 0.3) is 5.56 Å². The van der Waals surface area contributed by atoms with Crippen LogP contribution in [0.15, 0.2) is 53.5 Å². The van der Waals surface area contributed by atoms with Crippen molar-refractivity contribution >= 4 is 16.7 Å². The molecule has 36 heavy (non-hydrogen) atoms. The Kier molecular flexibility index (Phi) is 6.75. The molecular formula is C27H26F3N3O3. The first-order chi connectivity index (χ1) is 17.0. The number of para-hydroxylation sites is 1. The number of nitrogens with zero attached hydrogens (tertiary/aromatic N) is 2. The first-order valence-electron chi connectivity index (χ1n) is 11.5. The summed E-state index contributed by atoms with van der Waals surface area (Å²) in [5.74, 6) is 0.261. The number of fused-ring (bicyclic) bond motifs is 1. The minimum atomic E-state index is -4.56. The van der Waals surface area contributed by atoms with Crippen LogP contribution in [-0.4, -0.2) is 27.4 Å². The van der Waals surface area contributed by atoms with E-state index < -0.39 is 17.9 Å². The minimum absolute atomic E-state index is 0.0687. The van der Waals surface area contributed by atoms with Gasteiger partial charge in [-0.1, -0.05) is 18.2 Å². The Morgan fingerprint density at radius 2 is 1.89 bits per heavy atom. The first-order valence-corrected chi connectivity index (χ1v) is 11.5. The molecule has 1 N–H and O–H groups in total. The van der Waals surface area contributed by atoms with E-state index in [1.807, 2.05) is 28.8 Å². The third-order valence-electron chi connectivity index (χ3n) is 6.43. The molecule has 0 aliphatic heterocycles. The van der Waals surface area contributed by atoms with E-state index in [2.05, 4.69) is 9.97 Å². The molecule has 188 valence electrons. The SMILES string of the molecule is COc1cc(C)[nH]c(=O)c1CCC(=O)c1c(C)n(C(C)c2ccnc(C(F)(F)F)c2)c2ccccc12. The molecule has 0 bridgehead atoms. The second-order valence-corrected chi connectivity index (χ2v) is 8.75. The van der Waals surface area contributed by atoms with E-state index >= 15 is 0 Å². The summed E-state index contributed by atoms with van der Waals surface area (Å²) >= 11 is 0. The second kappa shape index (κ2) is 9.64. The molecule has 0 saturated heterocycles. The summed E-state index contributed by atoms with van der Waals surface area (Å²) in [5.41, 5.74) is 2.08. The molecular weight excluding hydrogens is 471 g/mol. The molecule has 6 nitrogen and oxygen atoms in total. The number of ketones is 1. The van der Waals surface area contributed by atoms with Crippen molar-refractivity contribution in [3.05, 3.63) is 92.8 Å². The van der Waals surface area contributed by atoms with E-state index in [1.165, 1.54) is 7.11 Å². The van der Waals surface area contributed by atoms with Gasteiger partial charge in [-0.3, -0.25) is 14.6 Å². The maximum absolute atomic E-state index is 13.5. The molecule has 0 aliphatic carbocycles. The molecule has 0 saturated carbocycles. The number of methoxy groups -OCH3 is 1. The number of hydrogen-bond acceptors (Lipinski definition) is 4. The number of H-pyrrole nitrogens is 1. The third kappa shape index (κ3) is 4.65. The molecule has 9 heteroatoms. The highest BCUT2D eigenvalue weighted by Gasteiger charge is 2.33. The molecule has 3 aromatic heterocycles. The van der Waals surface area contributed by atoms with Crippen molar-refractivity contribution in [1.82, 2.24) is 14.5 Å². The van der Waals surface area contributed by atoms with Crippen LogP contribution >= 0.6 is 0 Å². The van der Waals surface area contributed by atoms with Gasteiger partial charge in [-0.15, -0.1) is 0 Å². The fourth-order valence-corrected chi connectivity index (χ4v) is 4.72. The van der Waals surface area contributed by atoms with E-state index in [1.54, 1.807) is 32.9 Å². The first kappa shape index (κ1) is 25.2. The molecule has 0 amide bonds. The van der Waals surface area contributed by atoms with Crippen molar-refractivity contribution < 1.29 is 22.7 Å². The number of halogens is 3. The summed E-state index contributed by atoms with van der Waals surface area (Å²) in [6.07, 6.45) is -3.15. The van der Waals surface area contributed by atoms with Gasteiger partial charge < -0.3 is 14.3 Å². The highest BCUT2D eigenvalue weighted by Crippen LogP contribution is 2.35. The number of alkyl halides is 3. The lowest BCUT2D eigenvalue weighted by Gasteiger charge is -2.19. The zero-order chi connectivity index (χ0) is 26.2. The van der Waals surface area contributed by atoms with Crippen molar-refractivity contribution in [3.8, 4) is 5.75 Å². The van der Waals surface area contributed by atoms with Crippen molar-refractivity contribution in [2.24, 2.45) is 0 Å². The van der Waals surface area contributed by atoms with Gasteiger partial charge in [-0.2, -0.15) is 13.2 Å². The van der Waals surface area contributed by atoms with Crippen LogP contribution in [0.5, 0.6) is 5.75 Å². The second-order valence-electron chi connectivity index (χ2n) is 8.75. The van der Waals surface area contributed by atoms with Crippen LogP contribution in [0.2, 0.25) is 0 Å². The highest BCUT2D eigenvalue weighted by molar-refractivity contribution is 6.09. The average Bonchev–Trinajstić information content (AvgIpc) is 3.13. The number of ether oxygens (including phenoxy) is 1. The van der Waals surface area contributed by atoms with Gasteiger partial charge in [0.05, 0.1) is 18.7 Å². The maximum Gasteiger partial charge on any atom is 0.433 e. The molecule has 1 atom stereocenters. The van der Waals surface area contributed by atoms with Gasteiger partial charge in [-0.25, -0.2) is 0 Å². The molecule has 4 aromatic rings. The Labute approximate surface area is 205 Å². The van der Waals surface area contributed by atoms with Gasteiger partial charge in [0.15, 0.2) is 5.78 Å². The predicted molar refractivity (Wildman–Crippen MR) is 131 cm³/mol. The lowest BCUT2D eigenvalue weighted by Crippen LogP contribution is -2.17. The monoisotopic (exact) mass is 497 g/mol. The molecule has 0 spiro atoms. The number of carbonyl (C=O) groups excluding carboxylic acids is 1. The average molecular weight is 498 g/mol. The summed E-state index contributed by atoms with van der Waals surface area (Å²) in [5, 5.41) is 0.710. The quantitative estimate of drug-likeness (QED) is 0.328. The highest BCUT2D eigenvalue weighted by atomic mass is 19.4. The molecule has 1 aromatic carbocycles. The molecule has 0 radical (unpaired) electrons. The number of pyridine rings is 2. The maximum atomic E-state index is 13.5. The Morgan fingerprint density at radius 1 is 1.17 bits per heavy atom. The molecule has 1 unspecified atom stereocenters. The standard InChI is InChI=1S/C27H26F3N3O3/c1-15-13-23(36-4)20(26(35)32-15)9-10-22(34)25-17(3)33(21-8-6-5-7-19(21)25)16(2)18-11-12-31-24(14-18)27(28,29)30/h5-8,11-14,16H,9-10H2,1-4H3,(H,32,35). The number of benzene rings is 1. The summed E-state index contributed by atoms with van der Waals surface area (Å²) < 4.78 is 47.0. The van der Waals surface area contributed by atoms with Crippen LogP contribution < -0.4 is 10.3 Å². The van der Waals surface area contributed by atoms with Crippen LogP contribution in [0.1, 0.15) is 58.0 Å². The van der Waals surface area contributed by atoms with E-state index in [0.29, 0.717) is 39.2 Å². The summed E-state index contributed by atoms with van der Waals surface area (Å²) in [4.78, 5) is 32.1. The fraction of sp³-hybridized carbons (Fsp3) is 0.296. The number of aryl methyl sites for hydroxylation is 1. The van der Waals surface area contributed by atoms with Crippen LogP contribution in [0.3, 0.4) is 0 Å². The number of Topliss-reactive ketones (excluding diaryl/α,β-unsaturated/α-hetero) is 1. The van der Waals surface area contributed by atoms with Crippen LogP contribution in [0.4, 0.5) is 13.2 Å². The summed E-state index contributed by atoms with van der Waals surface area (Å²) in [6.45, 7) is 5.33. The summed E-state index contributed by atoms with van der Waals surface area (Å²) in [6, 6.07) is 11.1. The van der Waals surface area contributed by atoms with Gasteiger partial charge in [0, 0.05) is 40.5 Å².